The Bertz CT molecular complexity index is 542. The maximum Gasteiger partial charge on any atom is 0.337 e. The second kappa shape index (κ2) is 6.80. The molecule has 0 unspecified atom stereocenters. The molecule has 0 aromatic heterocycles. The topological polar surface area (TPSA) is 69.6 Å². The highest BCUT2D eigenvalue weighted by Crippen LogP contribution is 2.24. The minimum Gasteiger partial charge on any atom is -0.478 e. The number of hydrogen-bond donors (Lipinski definition) is 2. The van der Waals surface area contributed by atoms with Crippen molar-refractivity contribution in [1.82, 2.24) is 4.90 Å². The lowest BCUT2D eigenvalue weighted by atomic mass is 9.95. The Hall–Kier alpha value is -1.75. The van der Waals surface area contributed by atoms with Crippen LogP contribution >= 0.6 is 11.6 Å². The van der Waals surface area contributed by atoms with Gasteiger partial charge < -0.3 is 15.3 Å². The maximum atomic E-state index is 12.2. The molecule has 1 saturated carbocycles. The van der Waals surface area contributed by atoms with Gasteiger partial charge in [-0.15, -0.1) is 0 Å². The minimum atomic E-state index is -1.11. The van der Waals surface area contributed by atoms with E-state index in [9.17, 15) is 9.59 Å². The first-order valence-corrected chi connectivity index (χ1v) is 7.43. The van der Waals surface area contributed by atoms with Gasteiger partial charge in [-0.1, -0.05) is 30.9 Å². The highest BCUT2D eigenvalue weighted by molar-refractivity contribution is 6.33. The largest absolute Gasteiger partial charge is 0.478 e. The van der Waals surface area contributed by atoms with Crippen LogP contribution in [-0.2, 0) is 0 Å². The molecule has 2 rings (SSSR count). The molecule has 0 heterocycles. The van der Waals surface area contributed by atoms with E-state index >= 15 is 0 Å². The van der Waals surface area contributed by atoms with Crippen LogP contribution in [0.5, 0.6) is 0 Å². The van der Waals surface area contributed by atoms with Gasteiger partial charge in [0.1, 0.15) is 0 Å². The number of benzene rings is 1. The summed E-state index contributed by atoms with van der Waals surface area (Å²) in [6, 6.07) is 4.48. The van der Waals surface area contributed by atoms with Gasteiger partial charge in [-0.2, -0.15) is 0 Å². The van der Waals surface area contributed by atoms with Crippen molar-refractivity contribution in [2.45, 2.75) is 38.1 Å². The van der Waals surface area contributed by atoms with Gasteiger partial charge in [0.05, 0.1) is 10.6 Å². The first kappa shape index (κ1) is 15.6. The summed E-state index contributed by atoms with van der Waals surface area (Å²) >= 11 is 5.81. The predicted molar refractivity (Wildman–Crippen MR) is 82.1 cm³/mol. The third-order valence-corrected chi connectivity index (χ3v) is 4.22. The van der Waals surface area contributed by atoms with Crippen molar-refractivity contribution in [3.63, 3.8) is 0 Å². The van der Waals surface area contributed by atoms with Gasteiger partial charge in [0.2, 0.25) is 0 Å². The summed E-state index contributed by atoms with van der Waals surface area (Å²) in [6.45, 7) is 0. The van der Waals surface area contributed by atoms with Crippen LogP contribution in [0.15, 0.2) is 18.2 Å². The van der Waals surface area contributed by atoms with Crippen molar-refractivity contribution in [3.8, 4) is 0 Å². The monoisotopic (exact) mass is 310 g/mol. The number of anilines is 1. The number of hydrogen-bond acceptors (Lipinski definition) is 2. The average Bonchev–Trinajstić information content (AvgIpc) is 2.49. The van der Waals surface area contributed by atoms with Crippen LogP contribution in [0.25, 0.3) is 0 Å². The molecule has 0 spiro atoms. The summed E-state index contributed by atoms with van der Waals surface area (Å²) < 4.78 is 0. The SMILES string of the molecule is CN(C(=O)Nc1ccc(Cl)c(C(=O)O)c1)C1CCCCC1. The molecule has 21 heavy (non-hydrogen) atoms. The number of halogens is 1. The van der Waals surface area contributed by atoms with Gasteiger partial charge in [-0.3, -0.25) is 0 Å². The van der Waals surface area contributed by atoms with E-state index in [0.717, 1.165) is 25.7 Å². The number of carbonyl (C=O) groups excluding carboxylic acids is 1. The Morgan fingerprint density at radius 1 is 1.29 bits per heavy atom. The van der Waals surface area contributed by atoms with Crippen molar-refractivity contribution >= 4 is 29.3 Å². The zero-order valence-corrected chi connectivity index (χ0v) is 12.7. The van der Waals surface area contributed by atoms with E-state index in [2.05, 4.69) is 5.32 Å². The van der Waals surface area contributed by atoms with Gasteiger partial charge in [0.25, 0.3) is 0 Å². The summed E-state index contributed by atoms with van der Waals surface area (Å²) in [5, 5.41) is 11.9. The second-order valence-corrected chi connectivity index (χ2v) is 5.74. The zero-order valence-electron chi connectivity index (χ0n) is 11.9. The Morgan fingerprint density at radius 2 is 1.95 bits per heavy atom. The molecule has 1 aromatic rings. The average molecular weight is 311 g/mol. The van der Waals surface area contributed by atoms with Crippen molar-refractivity contribution in [2.75, 3.05) is 12.4 Å². The number of carboxylic acids is 1. The summed E-state index contributed by atoms with van der Waals surface area (Å²) in [4.78, 5) is 24.9. The fourth-order valence-electron chi connectivity index (χ4n) is 2.61. The van der Waals surface area contributed by atoms with Crippen LogP contribution in [0.2, 0.25) is 5.02 Å². The number of nitrogens with zero attached hydrogens (tertiary/aromatic N) is 1. The summed E-state index contributed by atoms with van der Waals surface area (Å²) in [7, 11) is 1.78. The first-order valence-electron chi connectivity index (χ1n) is 7.05. The molecule has 114 valence electrons. The lowest BCUT2D eigenvalue weighted by Crippen LogP contribution is -2.40. The van der Waals surface area contributed by atoms with E-state index in [1.54, 1.807) is 18.0 Å². The molecule has 5 nitrogen and oxygen atoms in total. The summed E-state index contributed by atoms with van der Waals surface area (Å²) in [5.41, 5.74) is 0.416. The fourth-order valence-corrected chi connectivity index (χ4v) is 2.81. The minimum absolute atomic E-state index is 0.0187. The first-order chi connectivity index (χ1) is 9.99. The molecule has 1 aliphatic carbocycles. The van der Waals surface area contributed by atoms with Crippen LogP contribution in [-0.4, -0.2) is 35.1 Å². The van der Waals surface area contributed by atoms with E-state index in [4.69, 9.17) is 16.7 Å². The van der Waals surface area contributed by atoms with E-state index in [1.807, 2.05) is 0 Å². The number of urea groups is 1. The number of aromatic carboxylic acids is 1. The Balaban J connectivity index is 2.05. The maximum absolute atomic E-state index is 12.2. The molecule has 0 radical (unpaired) electrons. The molecule has 2 amide bonds. The molecule has 2 N–H and O–H groups in total. The van der Waals surface area contributed by atoms with Gasteiger partial charge in [-0.25, -0.2) is 9.59 Å². The van der Waals surface area contributed by atoms with E-state index in [1.165, 1.54) is 18.6 Å². The standard InChI is InChI=1S/C15H19ClN2O3/c1-18(11-5-3-2-4-6-11)15(21)17-10-7-8-13(16)12(9-10)14(19)20/h7-9,11H,2-6H2,1H3,(H,17,21)(H,19,20). The quantitative estimate of drug-likeness (QED) is 0.891. The molecular weight excluding hydrogens is 292 g/mol. The zero-order chi connectivity index (χ0) is 15.4. The van der Waals surface area contributed by atoms with Crippen LogP contribution in [0.4, 0.5) is 10.5 Å². The second-order valence-electron chi connectivity index (χ2n) is 5.33. The van der Waals surface area contributed by atoms with Gasteiger partial charge in [0, 0.05) is 18.8 Å². The lowest BCUT2D eigenvalue weighted by Gasteiger charge is -2.31. The van der Waals surface area contributed by atoms with Crippen LogP contribution in [0.1, 0.15) is 42.5 Å². The fraction of sp³-hybridized carbons (Fsp3) is 0.467. The van der Waals surface area contributed by atoms with E-state index in [0.29, 0.717) is 5.69 Å². The molecule has 1 aliphatic rings. The van der Waals surface area contributed by atoms with E-state index < -0.39 is 5.97 Å². The normalized spacial score (nSPS) is 15.5. The molecule has 0 bridgehead atoms. The Kier molecular flexibility index (Phi) is 5.07. The molecule has 6 heteroatoms. The highest BCUT2D eigenvalue weighted by Gasteiger charge is 2.22. The van der Waals surface area contributed by atoms with Crippen molar-refractivity contribution in [3.05, 3.63) is 28.8 Å². The number of nitrogens with one attached hydrogen (secondary N) is 1. The van der Waals surface area contributed by atoms with Crippen LogP contribution in [0.3, 0.4) is 0 Å². The molecular formula is C15H19ClN2O3. The van der Waals surface area contributed by atoms with Gasteiger partial charge in [0.15, 0.2) is 0 Å². The van der Waals surface area contributed by atoms with Crippen molar-refractivity contribution < 1.29 is 14.7 Å². The predicted octanol–water partition coefficient (Wildman–Crippen LogP) is 3.83. The van der Waals surface area contributed by atoms with Gasteiger partial charge >= 0.3 is 12.0 Å². The third kappa shape index (κ3) is 3.88. The molecule has 0 aliphatic heterocycles. The number of rotatable bonds is 3. The highest BCUT2D eigenvalue weighted by atomic mass is 35.5. The van der Waals surface area contributed by atoms with Crippen molar-refractivity contribution in [1.29, 1.82) is 0 Å². The van der Waals surface area contributed by atoms with E-state index in [-0.39, 0.29) is 22.7 Å². The molecule has 1 fully saturated rings. The molecule has 1 aromatic carbocycles. The molecule has 0 saturated heterocycles. The van der Waals surface area contributed by atoms with Crippen molar-refractivity contribution in [2.24, 2.45) is 0 Å². The van der Waals surface area contributed by atoms with Gasteiger partial charge in [-0.05, 0) is 31.0 Å². The third-order valence-electron chi connectivity index (χ3n) is 3.89. The Morgan fingerprint density at radius 3 is 2.57 bits per heavy atom. The van der Waals surface area contributed by atoms with Crippen LogP contribution in [0, 0.1) is 0 Å². The van der Waals surface area contributed by atoms with Crippen LogP contribution < -0.4 is 5.32 Å². The summed E-state index contributed by atoms with van der Waals surface area (Å²) in [5.74, 6) is -1.11. The smallest absolute Gasteiger partial charge is 0.337 e. The lowest BCUT2D eigenvalue weighted by molar-refractivity contribution is 0.0697. The Labute approximate surface area is 128 Å². The number of carboxylic acid groups (broad SMARTS) is 1. The number of amides is 2. The number of carbonyl (C=O) groups is 2. The molecule has 0 atom stereocenters. The summed E-state index contributed by atoms with van der Waals surface area (Å²) in [6.07, 6.45) is 5.56.